The first-order valence-electron chi connectivity index (χ1n) is 20.4. The fraction of sp³-hybridized carbons (Fsp3) is 0.451. The molecular formula is C51H66OSi. The van der Waals surface area contributed by atoms with Crippen LogP contribution in [0.1, 0.15) is 144 Å². The number of benzene rings is 4. The van der Waals surface area contributed by atoms with Gasteiger partial charge in [-0.25, -0.2) is 0 Å². The predicted octanol–water partition coefficient (Wildman–Crippen LogP) is 14.1. The SMILES string of the molecule is Cc1cc(C(C)(C)C)ccc1C1=C([Si](C)(CCCCCCOC(C)(C)C)C2=C(c3ccc(C(C)(C)C)cc3C)Cc3ccccc32)c2ccccc2C1. The van der Waals surface area contributed by atoms with Crippen molar-refractivity contribution in [2.24, 2.45) is 0 Å². The highest BCUT2D eigenvalue weighted by molar-refractivity contribution is 7.11. The van der Waals surface area contributed by atoms with Gasteiger partial charge in [-0.3, -0.25) is 0 Å². The Kier molecular flexibility index (Phi) is 11.1. The Bertz CT molecular complexity index is 1900. The molecule has 6 rings (SSSR count). The van der Waals surface area contributed by atoms with Gasteiger partial charge in [-0.2, -0.15) is 0 Å². The summed E-state index contributed by atoms with van der Waals surface area (Å²) in [5.74, 6) is 0. The zero-order valence-corrected chi connectivity index (χ0v) is 36.1. The van der Waals surface area contributed by atoms with Gasteiger partial charge in [0.1, 0.15) is 8.07 Å². The standard InChI is InChI=1S/C51H66OSi/c1-35-31-39(49(3,4)5)25-27-41(35)45-33-37-21-15-17-23-43(37)47(45)53(12,30-20-14-13-19-29-52-51(9,10)11)48-44-24-18-16-22-38(44)34-46(48)42-28-26-40(32-36(42)2)50(6,7)8/h15-18,21-28,31-32H,13-14,19-20,29-30,33-34H2,1-12H3. The van der Waals surface area contributed by atoms with E-state index in [0.29, 0.717) is 0 Å². The van der Waals surface area contributed by atoms with Crippen LogP contribution in [-0.4, -0.2) is 20.3 Å². The van der Waals surface area contributed by atoms with Crippen molar-refractivity contribution in [1.29, 1.82) is 0 Å². The van der Waals surface area contributed by atoms with Gasteiger partial charge < -0.3 is 4.74 Å². The monoisotopic (exact) mass is 722 g/mol. The number of hydrogen-bond acceptors (Lipinski definition) is 1. The molecule has 4 aromatic carbocycles. The van der Waals surface area contributed by atoms with Gasteiger partial charge in [0.05, 0.1) is 5.60 Å². The highest BCUT2D eigenvalue weighted by atomic mass is 28.3. The van der Waals surface area contributed by atoms with Crippen LogP contribution in [0.15, 0.2) is 84.9 Å². The molecule has 0 saturated carbocycles. The first-order chi connectivity index (χ1) is 24.9. The topological polar surface area (TPSA) is 9.23 Å². The molecule has 2 heteroatoms. The number of allylic oxidation sites excluding steroid dienone is 2. The highest BCUT2D eigenvalue weighted by Gasteiger charge is 2.45. The molecule has 280 valence electrons. The van der Waals surface area contributed by atoms with Crippen molar-refractivity contribution in [2.75, 3.05) is 6.61 Å². The quantitative estimate of drug-likeness (QED) is 0.111. The van der Waals surface area contributed by atoms with Gasteiger partial charge in [-0.1, -0.05) is 152 Å². The minimum Gasteiger partial charge on any atom is -0.376 e. The molecule has 1 nitrogen and oxygen atoms in total. The number of hydrogen-bond donors (Lipinski definition) is 0. The minimum absolute atomic E-state index is 0.0740. The molecule has 0 fully saturated rings. The molecule has 2 aliphatic rings. The third kappa shape index (κ3) is 8.30. The Morgan fingerprint density at radius 3 is 1.38 bits per heavy atom. The Morgan fingerprint density at radius 2 is 0.962 bits per heavy atom. The van der Waals surface area contributed by atoms with E-state index in [4.69, 9.17) is 4.74 Å². The van der Waals surface area contributed by atoms with Crippen molar-refractivity contribution < 1.29 is 4.74 Å². The van der Waals surface area contributed by atoms with Crippen LogP contribution in [0.4, 0.5) is 0 Å². The van der Waals surface area contributed by atoms with E-state index in [1.54, 1.807) is 21.5 Å². The number of ether oxygens (including phenoxy) is 1. The first-order valence-corrected chi connectivity index (χ1v) is 23.1. The third-order valence-corrected chi connectivity index (χ3v) is 16.7. The molecule has 2 aliphatic carbocycles. The molecule has 0 saturated heterocycles. The van der Waals surface area contributed by atoms with Gasteiger partial charge in [0.15, 0.2) is 0 Å². The predicted molar refractivity (Wildman–Crippen MR) is 234 cm³/mol. The van der Waals surface area contributed by atoms with E-state index in [2.05, 4.69) is 168 Å². The summed E-state index contributed by atoms with van der Waals surface area (Å²) in [6.45, 7) is 28.8. The van der Waals surface area contributed by atoms with Crippen LogP contribution in [0.3, 0.4) is 0 Å². The molecule has 0 aromatic heterocycles. The Labute approximate surface area is 324 Å². The number of aryl methyl sites for hydroxylation is 2. The van der Waals surface area contributed by atoms with Crippen LogP contribution in [-0.2, 0) is 28.4 Å². The highest BCUT2D eigenvalue weighted by Crippen LogP contribution is 2.55. The van der Waals surface area contributed by atoms with Gasteiger partial charge in [-0.15, -0.1) is 0 Å². The van der Waals surface area contributed by atoms with Crippen molar-refractivity contribution in [3.05, 3.63) is 141 Å². The first kappa shape index (κ1) is 39.2. The Morgan fingerprint density at radius 1 is 0.528 bits per heavy atom. The van der Waals surface area contributed by atoms with Gasteiger partial charge >= 0.3 is 0 Å². The molecule has 0 amide bonds. The number of unbranched alkanes of at least 4 members (excludes halogenated alkanes) is 3. The second kappa shape index (κ2) is 15.0. The van der Waals surface area contributed by atoms with Gasteiger partial charge in [0, 0.05) is 6.61 Å². The summed E-state index contributed by atoms with van der Waals surface area (Å²) in [5.41, 5.74) is 17.8. The maximum atomic E-state index is 6.12. The lowest BCUT2D eigenvalue weighted by atomic mass is 9.84. The molecule has 0 radical (unpaired) electrons. The van der Waals surface area contributed by atoms with Crippen LogP contribution in [0.5, 0.6) is 0 Å². The lowest BCUT2D eigenvalue weighted by molar-refractivity contribution is -0.00471. The second-order valence-corrected chi connectivity index (χ2v) is 23.6. The van der Waals surface area contributed by atoms with Crippen LogP contribution in [0.2, 0.25) is 12.6 Å². The summed E-state index contributed by atoms with van der Waals surface area (Å²) in [6, 6.07) is 34.7. The van der Waals surface area contributed by atoms with Crippen LogP contribution < -0.4 is 0 Å². The Balaban J connectivity index is 1.56. The van der Waals surface area contributed by atoms with Crippen molar-refractivity contribution >= 4 is 29.6 Å². The molecular weight excluding hydrogens is 657 g/mol. The van der Waals surface area contributed by atoms with Crippen LogP contribution >= 0.6 is 0 Å². The average molecular weight is 723 g/mol. The lowest BCUT2D eigenvalue weighted by Crippen LogP contribution is -2.35. The minimum atomic E-state index is -2.39. The molecule has 0 N–H and O–H groups in total. The van der Waals surface area contributed by atoms with Gasteiger partial charge in [0.25, 0.3) is 0 Å². The zero-order chi connectivity index (χ0) is 38.3. The Hall–Kier alpha value is -3.46. The van der Waals surface area contributed by atoms with E-state index in [0.717, 1.165) is 25.9 Å². The summed E-state index contributed by atoms with van der Waals surface area (Å²) >= 11 is 0. The third-order valence-electron chi connectivity index (χ3n) is 12.0. The molecule has 0 unspecified atom stereocenters. The molecule has 0 atom stereocenters. The summed E-state index contributed by atoms with van der Waals surface area (Å²) in [5, 5.41) is 3.37. The lowest BCUT2D eigenvalue weighted by Gasteiger charge is -2.35. The zero-order valence-electron chi connectivity index (χ0n) is 35.1. The van der Waals surface area contributed by atoms with E-state index in [9.17, 15) is 0 Å². The second-order valence-electron chi connectivity index (χ2n) is 19.4. The van der Waals surface area contributed by atoms with Crippen molar-refractivity contribution in [3.63, 3.8) is 0 Å². The van der Waals surface area contributed by atoms with E-state index in [1.807, 2.05) is 0 Å². The summed E-state index contributed by atoms with van der Waals surface area (Å²) in [7, 11) is -2.39. The van der Waals surface area contributed by atoms with E-state index < -0.39 is 8.07 Å². The molecule has 0 spiro atoms. The van der Waals surface area contributed by atoms with Gasteiger partial charge in [-0.05, 0) is 148 Å². The van der Waals surface area contributed by atoms with Crippen molar-refractivity contribution in [3.8, 4) is 0 Å². The molecule has 0 aliphatic heterocycles. The largest absolute Gasteiger partial charge is 0.376 e. The van der Waals surface area contributed by atoms with Crippen molar-refractivity contribution in [2.45, 2.75) is 144 Å². The fourth-order valence-corrected chi connectivity index (χ4v) is 14.2. The van der Waals surface area contributed by atoms with E-state index >= 15 is 0 Å². The number of rotatable bonds is 11. The van der Waals surface area contributed by atoms with Crippen LogP contribution in [0, 0.1) is 13.8 Å². The molecule has 0 heterocycles. The van der Waals surface area contributed by atoms with E-state index in [1.165, 1.54) is 80.9 Å². The summed E-state index contributed by atoms with van der Waals surface area (Å²) in [6.07, 6.45) is 6.84. The fourth-order valence-electron chi connectivity index (χ4n) is 9.06. The van der Waals surface area contributed by atoms with Gasteiger partial charge in [0.2, 0.25) is 0 Å². The number of fused-ring (bicyclic) bond motifs is 2. The van der Waals surface area contributed by atoms with E-state index in [-0.39, 0.29) is 16.4 Å². The average Bonchev–Trinajstić information content (AvgIpc) is 3.66. The van der Waals surface area contributed by atoms with Crippen molar-refractivity contribution in [1.82, 2.24) is 0 Å². The molecule has 53 heavy (non-hydrogen) atoms. The maximum Gasteiger partial charge on any atom is 0.117 e. The molecule has 4 aromatic rings. The van der Waals surface area contributed by atoms with Crippen LogP contribution in [0.25, 0.3) is 21.5 Å². The smallest absolute Gasteiger partial charge is 0.117 e. The maximum absolute atomic E-state index is 6.12. The summed E-state index contributed by atoms with van der Waals surface area (Å²) in [4.78, 5) is 0. The summed E-state index contributed by atoms with van der Waals surface area (Å²) < 4.78 is 6.12. The molecule has 0 bridgehead atoms. The normalized spacial score (nSPS) is 15.0.